The number of ether oxygens (including phenoxy) is 1. The van der Waals surface area contributed by atoms with Gasteiger partial charge in [0.25, 0.3) is 0 Å². The van der Waals surface area contributed by atoms with Crippen LogP contribution in [0.3, 0.4) is 0 Å². The molecule has 1 amide bonds. The number of nitrogens with zero attached hydrogens (tertiary/aromatic N) is 1. The zero-order valence-electron chi connectivity index (χ0n) is 14.4. The third-order valence-corrected chi connectivity index (χ3v) is 4.99. The fourth-order valence-electron chi connectivity index (χ4n) is 3.39. The van der Waals surface area contributed by atoms with Crippen LogP contribution >= 0.6 is 11.6 Å². The highest BCUT2D eigenvalue weighted by molar-refractivity contribution is 6.30. The predicted octanol–water partition coefficient (Wildman–Crippen LogP) is 4.97. The van der Waals surface area contributed by atoms with E-state index in [4.69, 9.17) is 16.3 Å². The monoisotopic (exact) mass is 358 g/mol. The molecule has 25 heavy (non-hydrogen) atoms. The summed E-state index contributed by atoms with van der Waals surface area (Å²) in [6.07, 6.45) is 6.39. The van der Waals surface area contributed by atoms with Gasteiger partial charge in [-0.2, -0.15) is 0 Å². The van der Waals surface area contributed by atoms with Gasteiger partial charge in [0.2, 0.25) is 11.8 Å². The van der Waals surface area contributed by atoms with E-state index in [1.807, 2.05) is 37.3 Å². The number of pyridine rings is 1. The van der Waals surface area contributed by atoms with Gasteiger partial charge < -0.3 is 10.1 Å². The zero-order chi connectivity index (χ0) is 17.7. The first-order valence-corrected chi connectivity index (χ1v) is 9.18. The van der Waals surface area contributed by atoms with Gasteiger partial charge in [0.15, 0.2) is 0 Å². The highest BCUT2D eigenvalue weighted by Crippen LogP contribution is 2.42. The lowest BCUT2D eigenvalue weighted by Gasteiger charge is -2.28. The average molecular weight is 359 g/mol. The molecule has 1 fully saturated rings. The Labute approximate surface area is 153 Å². The van der Waals surface area contributed by atoms with Crippen LogP contribution in [-0.2, 0) is 10.2 Å². The molecule has 0 aliphatic heterocycles. The van der Waals surface area contributed by atoms with Gasteiger partial charge in [0.05, 0.1) is 23.9 Å². The number of hydrogen-bond acceptors (Lipinski definition) is 3. The predicted molar refractivity (Wildman–Crippen MR) is 100 cm³/mol. The van der Waals surface area contributed by atoms with Crippen molar-refractivity contribution in [2.45, 2.75) is 44.4 Å². The first kappa shape index (κ1) is 17.7. The normalized spacial score (nSPS) is 15.8. The molecule has 1 aliphatic rings. The van der Waals surface area contributed by atoms with Gasteiger partial charge >= 0.3 is 0 Å². The van der Waals surface area contributed by atoms with E-state index in [2.05, 4.69) is 10.3 Å². The van der Waals surface area contributed by atoms with E-state index in [1.54, 1.807) is 12.3 Å². The molecule has 0 unspecified atom stereocenters. The molecule has 1 heterocycles. The van der Waals surface area contributed by atoms with Crippen molar-refractivity contribution >= 4 is 23.2 Å². The van der Waals surface area contributed by atoms with Crippen LogP contribution in [-0.4, -0.2) is 17.5 Å². The summed E-state index contributed by atoms with van der Waals surface area (Å²) in [4.78, 5) is 17.3. The summed E-state index contributed by atoms with van der Waals surface area (Å²) in [6.45, 7) is 2.69. The molecule has 3 rings (SSSR count). The molecule has 1 N–H and O–H groups in total. The van der Waals surface area contributed by atoms with E-state index in [-0.39, 0.29) is 5.91 Å². The molecule has 0 atom stereocenters. The Morgan fingerprint density at radius 1 is 1.20 bits per heavy atom. The molecule has 1 aliphatic carbocycles. The van der Waals surface area contributed by atoms with Gasteiger partial charge in [0, 0.05) is 11.1 Å². The third kappa shape index (κ3) is 3.96. The summed E-state index contributed by atoms with van der Waals surface area (Å²) < 4.78 is 5.48. The fraction of sp³-hybridized carbons (Fsp3) is 0.400. The smallest absolute Gasteiger partial charge is 0.235 e. The lowest BCUT2D eigenvalue weighted by Crippen LogP contribution is -2.38. The number of carbonyl (C=O) groups is 1. The Hall–Kier alpha value is -2.07. The molecule has 0 saturated heterocycles. The number of amides is 1. The lowest BCUT2D eigenvalue weighted by molar-refractivity contribution is -0.121. The van der Waals surface area contributed by atoms with E-state index in [1.165, 1.54) is 0 Å². The Morgan fingerprint density at radius 2 is 1.92 bits per heavy atom. The van der Waals surface area contributed by atoms with Gasteiger partial charge in [0.1, 0.15) is 0 Å². The van der Waals surface area contributed by atoms with Crippen LogP contribution in [0.25, 0.3) is 0 Å². The number of nitrogens with one attached hydrogen (secondary N) is 1. The summed E-state index contributed by atoms with van der Waals surface area (Å²) >= 11 is 6.00. The largest absolute Gasteiger partial charge is 0.478 e. The van der Waals surface area contributed by atoms with E-state index in [0.29, 0.717) is 23.2 Å². The van der Waals surface area contributed by atoms with Crippen LogP contribution in [0.4, 0.5) is 5.69 Å². The quantitative estimate of drug-likeness (QED) is 0.792. The Morgan fingerprint density at radius 3 is 2.52 bits per heavy atom. The van der Waals surface area contributed by atoms with Crippen molar-refractivity contribution in [2.75, 3.05) is 11.9 Å². The van der Waals surface area contributed by atoms with Crippen LogP contribution in [0.5, 0.6) is 5.88 Å². The number of benzene rings is 1. The van der Waals surface area contributed by atoms with Gasteiger partial charge in [-0.05, 0) is 43.0 Å². The Bertz CT molecular complexity index is 707. The molecular weight excluding hydrogens is 336 g/mol. The minimum Gasteiger partial charge on any atom is -0.478 e. The topological polar surface area (TPSA) is 51.2 Å². The van der Waals surface area contributed by atoms with Crippen molar-refractivity contribution in [3.05, 3.63) is 53.2 Å². The van der Waals surface area contributed by atoms with Gasteiger partial charge in [-0.3, -0.25) is 4.79 Å². The van der Waals surface area contributed by atoms with Crippen LogP contribution in [0.1, 0.15) is 44.6 Å². The standard InChI is InChI=1S/C20H23ClN2O2/c1-2-13-25-18-10-9-17(14-22-18)23-19(24)20(11-3-4-12-20)15-5-7-16(21)8-6-15/h5-10,14H,2-4,11-13H2,1H3,(H,23,24). The summed E-state index contributed by atoms with van der Waals surface area (Å²) in [5, 5.41) is 3.72. The first-order valence-electron chi connectivity index (χ1n) is 8.80. The van der Waals surface area contributed by atoms with Gasteiger partial charge in [-0.1, -0.05) is 43.5 Å². The van der Waals surface area contributed by atoms with E-state index in [0.717, 1.165) is 37.7 Å². The Kier molecular flexibility index (Phi) is 5.59. The van der Waals surface area contributed by atoms with Crippen LogP contribution in [0, 0.1) is 0 Å². The lowest BCUT2D eigenvalue weighted by atomic mass is 9.78. The molecule has 0 radical (unpaired) electrons. The maximum atomic E-state index is 13.1. The molecule has 0 bridgehead atoms. The number of anilines is 1. The molecule has 4 nitrogen and oxygen atoms in total. The van der Waals surface area contributed by atoms with Crippen molar-refractivity contribution in [3.8, 4) is 5.88 Å². The maximum Gasteiger partial charge on any atom is 0.235 e. The molecule has 1 saturated carbocycles. The second-order valence-corrected chi connectivity index (χ2v) is 6.92. The van der Waals surface area contributed by atoms with Crippen LogP contribution in [0.2, 0.25) is 5.02 Å². The third-order valence-electron chi connectivity index (χ3n) is 4.74. The maximum absolute atomic E-state index is 13.1. The number of halogens is 1. The summed E-state index contributed by atoms with van der Waals surface area (Å²) in [7, 11) is 0. The molecule has 132 valence electrons. The molecular formula is C20H23ClN2O2. The molecule has 1 aromatic heterocycles. The highest BCUT2D eigenvalue weighted by atomic mass is 35.5. The number of carbonyl (C=O) groups excluding carboxylic acids is 1. The summed E-state index contributed by atoms with van der Waals surface area (Å²) in [5.41, 5.74) is 1.24. The number of aromatic nitrogens is 1. The van der Waals surface area contributed by atoms with E-state index < -0.39 is 5.41 Å². The number of rotatable bonds is 6. The van der Waals surface area contributed by atoms with Crippen molar-refractivity contribution in [1.82, 2.24) is 4.98 Å². The summed E-state index contributed by atoms with van der Waals surface area (Å²) in [5.74, 6) is 0.601. The van der Waals surface area contributed by atoms with Crippen LogP contribution < -0.4 is 10.1 Å². The van der Waals surface area contributed by atoms with Crippen molar-refractivity contribution in [3.63, 3.8) is 0 Å². The Balaban J connectivity index is 1.76. The second kappa shape index (κ2) is 7.87. The number of hydrogen-bond donors (Lipinski definition) is 1. The first-order chi connectivity index (χ1) is 12.1. The zero-order valence-corrected chi connectivity index (χ0v) is 15.2. The van der Waals surface area contributed by atoms with Crippen molar-refractivity contribution < 1.29 is 9.53 Å². The molecule has 2 aromatic rings. The van der Waals surface area contributed by atoms with Crippen molar-refractivity contribution in [2.24, 2.45) is 0 Å². The minimum absolute atomic E-state index is 0.0244. The van der Waals surface area contributed by atoms with Gasteiger partial charge in [-0.15, -0.1) is 0 Å². The molecule has 1 aromatic carbocycles. The molecule has 0 spiro atoms. The van der Waals surface area contributed by atoms with E-state index >= 15 is 0 Å². The molecule has 5 heteroatoms. The minimum atomic E-state index is -0.484. The van der Waals surface area contributed by atoms with Crippen LogP contribution in [0.15, 0.2) is 42.6 Å². The highest BCUT2D eigenvalue weighted by Gasteiger charge is 2.42. The SMILES string of the molecule is CCCOc1ccc(NC(=O)C2(c3ccc(Cl)cc3)CCCC2)cn1. The fourth-order valence-corrected chi connectivity index (χ4v) is 3.52. The second-order valence-electron chi connectivity index (χ2n) is 6.48. The van der Waals surface area contributed by atoms with E-state index in [9.17, 15) is 4.79 Å². The summed E-state index contributed by atoms with van der Waals surface area (Å²) in [6, 6.07) is 11.3. The van der Waals surface area contributed by atoms with Gasteiger partial charge in [-0.25, -0.2) is 4.98 Å². The average Bonchev–Trinajstić information content (AvgIpc) is 3.13. The van der Waals surface area contributed by atoms with Crippen molar-refractivity contribution in [1.29, 1.82) is 0 Å².